The lowest BCUT2D eigenvalue weighted by atomic mass is 9.87. The predicted octanol–water partition coefficient (Wildman–Crippen LogP) is 1.84. The van der Waals surface area contributed by atoms with Crippen molar-refractivity contribution in [3.05, 3.63) is 0 Å². The van der Waals surface area contributed by atoms with Crippen LogP contribution in [-0.2, 0) is 0 Å². The van der Waals surface area contributed by atoms with Crippen LogP contribution in [0.2, 0.25) is 0 Å². The van der Waals surface area contributed by atoms with E-state index in [9.17, 15) is 10.2 Å². The van der Waals surface area contributed by atoms with Crippen LogP contribution in [0.5, 0.6) is 0 Å². The van der Waals surface area contributed by atoms with Gasteiger partial charge in [-0.1, -0.05) is 32.6 Å². The second-order valence-corrected chi connectivity index (χ2v) is 3.97. The van der Waals surface area contributed by atoms with Crippen molar-refractivity contribution in [2.45, 2.75) is 63.6 Å². The number of hydrogen-bond donors (Lipinski definition) is 2. The molecule has 0 spiro atoms. The van der Waals surface area contributed by atoms with Crippen molar-refractivity contribution < 1.29 is 10.2 Å². The standard InChI is InChI=1S/C10H20O2/c1-2-7-10(12)8-5-3-4-6-9(10)11/h9,11-12H,2-8H2,1H3. The van der Waals surface area contributed by atoms with Gasteiger partial charge < -0.3 is 10.2 Å². The van der Waals surface area contributed by atoms with Gasteiger partial charge in [0.2, 0.25) is 0 Å². The molecule has 0 heterocycles. The van der Waals surface area contributed by atoms with E-state index >= 15 is 0 Å². The van der Waals surface area contributed by atoms with E-state index in [1.807, 2.05) is 0 Å². The van der Waals surface area contributed by atoms with Gasteiger partial charge in [0.05, 0.1) is 11.7 Å². The monoisotopic (exact) mass is 172 g/mol. The average Bonchev–Trinajstić information content (AvgIpc) is 2.17. The molecule has 1 saturated carbocycles. The zero-order valence-corrected chi connectivity index (χ0v) is 7.92. The average molecular weight is 172 g/mol. The fourth-order valence-corrected chi connectivity index (χ4v) is 2.11. The highest BCUT2D eigenvalue weighted by molar-refractivity contribution is 4.87. The van der Waals surface area contributed by atoms with E-state index < -0.39 is 11.7 Å². The van der Waals surface area contributed by atoms with Crippen LogP contribution in [0, 0.1) is 0 Å². The van der Waals surface area contributed by atoms with Crippen LogP contribution in [-0.4, -0.2) is 21.9 Å². The van der Waals surface area contributed by atoms with Crippen LogP contribution < -0.4 is 0 Å². The Morgan fingerprint density at radius 3 is 2.75 bits per heavy atom. The van der Waals surface area contributed by atoms with Crippen molar-refractivity contribution in [3.63, 3.8) is 0 Å². The minimum atomic E-state index is -0.773. The Balaban J connectivity index is 2.55. The molecule has 0 aromatic rings. The summed E-state index contributed by atoms with van der Waals surface area (Å²) in [6, 6.07) is 0. The van der Waals surface area contributed by atoms with E-state index in [2.05, 4.69) is 6.92 Å². The van der Waals surface area contributed by atoms with Crippen LogP contribution in [0.15, 0.2) is 0 Å². The third kappa shape index (κ3) is 2.20. The minimum absolute atomic E-state index is 0.486. The lowest BCUT2D eigenvalue weighted by Gasteiger charge is -2.31. The first-order chi connectivity index (χ1) is 5.69. The van der Waals surface area contributed by atoms with E-state index in [1.165, 1.54) is 0 Å². The Kier molecular flexibility index (Phi) is 3.53. The van der Waals surface area contributed by atoms with E-state index in [0.29, 0.717) is 0 Å². The molecule has 0 bridgehead atoms. The lowest BCUT2D eigenvalue weighted by molar-refractivity contribution is -0.0842. The second kappa shape index (κ2) is 4.24. The molecule has 0 aliphatic heterocycles. The van der Waals surface area contributed by atoms with Crippen molar-refractivity contribution in [1.82, 2.24) is 0 Å². The Morgan fingerprint density at radius 2 is 2.08 bits per heavy atom. The van der Waals surface area contributed by atoms with Crippen molar-refractivity contribution >= 4 is 0 Å². The highest BCUT2D eigenvalue weighted by atomic mass is 16.3. The molecular weight excluding hydrogens is 152 g/mol. The molecule has 72 valence electrons. The van der Waals surface area contributed by atoms with Crippen LogP contribution in [0.25, 0.3) is 0 Å². The summed E-state index contributed by atoms with van der Waals surface area (Å²) in [4.78, 5) is 0. The van der Waals surface area contributed by atoms with Gasteiger partial charge in [-0.25, -0.2) is 0 Å². The van der Waals surface area contributed by atoms with Crippen molar-refractivity contribution in [2.75, 3.05) is 0 Å². The maximum Gasteiger partial charge on any atom is 0.0905 e. The molecule has 2 nitrogen and oxygen atoms in total. The van der Waals surface area contributed by atoms with E-state index in [1.54, 1.807) is 0 Å². The van der Waals surface area contributed by atoms with E-state index in [-0.39, 0.29) is 0 Å². The molecule has 1 fully saturated rings. The quantitative estimate of drug-likeness (QED) is 0.624. The summed E-state index contributed by atoms with van der Waals surface area (Å²) in [5.74, 6) is 0. The van der Waals surface area contributed by atoms with Crippen molar-refractivity contribution in [2.24, 2.45) is 0 Å². The maximum absolute atomic E-state index is 10.1. The Labute approximate surface area is 74.6 Å². The Morgan fingerprint density at radius 1 is 1.33 bits per heavy atom. The normalized spacial score (nSPS) is 37.8. The largest absolute Gasteiger partial charge is 0.390 e. The number of aliphatic hydroxyl groups excluding tert-OH is 1. The Bertz CT molecular complexity index is 136. The van der Waals surface area contributed by atoms with Gasteiger partial charge in [0.15, 0.2) is 0 Å². The molecule has 0 radical (unpaired) electrons. The molecule has 12 heavy (non-hydrogen) atoms. The summed E-state index contributed by atoms with van der Waals surface area (Å²) in [6.07, 6.45) is 6.05. The van der Waals surface area contributed by atoms with Gasteiger partial charge in [0.1, 0.15) is 0 Å². The molecule has 0 saturated heterocycles. The van der Waals surface area contributed by atoms with Crippen molar-refractivity contribution in [3.8, 4) is 0 Å². The van der Waals surface area contributed by atoms with Gasteiger partial charge in [-0.15, -0.1) is 0 Å². The summed E-state index contributed by atoms with van der Waals surface area (Å²) < 4.78 is 0. The maximum atomic E-state index is 10.1. The predicted molar refractivity (Wildman–Crippen MR) is 48.9 cm³/mol. The number of hydrogen-bond acceptors (Lipinski definition) is 2. The summed E-state index contributed by atoms with van der Waals surface area (Å²) >= 11 is 0. The first-order valence-corrected chi connectivity index (χ1v) is 5.09. The van der Waals surface area contributed by atoms with E-state index in [0.717, 1.165) is 44.9 Å². The van der Waals surface area contributed by atoms with Gasteiger partial charge in [-0.2, -0.15) is 0 Å². The SMILES string of the molecule is CCCC1(O)CCCCCC1O. The molecular formula is C10H20O2. The highest BCUT2D eigenvalue weighted by Gasteiger charge is 2.35. The molecule has 2 atom stereocenters. The summed E-state index contributed by atoms with van der Waals surface area (Å²) in [6.45, 7) is 2.05. The fraction of sp³-hybridized carbons (Fsp3) is 1.00. The molecule has 0 aromatic heterocycles. The lowest BCUT2D eigenvalue weighted by Crippen LogP contribution is -2.41. The number of rotatable bonds is 2. The van der Waals surface area contributed by atoms with E-state index in [4.69, 9.17) is 0 Å². The summed E-state index contributed by atoms with van der Waals surface area (Å²) in [5.41, 5.74) is -0.773. The minimum Gasteiger partial charge on any atom is -0.390 e. The zero-order valence-electron chi connectivity index (χ0n) is 7.92. The van der Waals surface area contributed by atoms with Crippen LogP contribution in [0.1, 0.15) is 51.9 Å². The number of aliphatic hydroxyl groups is 2. The summed E-state index contributed by atoms with van der Waals surface area (Å²) in [5, 5.41) is 19.8. The first-order valence-electron chi connectivity index (χ1n) is 5.09. The molecule has 1 aliphatic rings. The fourth-order valence-electron chi connectivity index (χ4n) is 2.11. The van der Waals surface area contributed by atoms with Gasteiger partial charge in [-0.05, 0) is 19.3 Å². The highest BCUT2D eigenvalue weighted by Crippen LogP contribution is 2.30. The molecule has 0 amide bonds. The molecule has 1 rings (SSSR count). The van der Waals surface area contributed by atoms with Gasteiger partial charge in [0.25, 0.3) is 0 Å². The van der Waals surface area contributed by atoms with Gasteiger partial charge in [-0.3, -0.25) is 0 Å². The molecule has 2 heteroatoms. The molecule has 2 unspecified atom stereocenters. The third-order valence-electron chi connectivity index (χ3n) is 2.89. The van der Waals surface area contributed by atoms with Crippen LogP contribution in [0.4, 0.5) is 0 Å². The third-order valence-corrected chi connectivity index (χ3v) is 2.89. The molecule has 1 aliphatic carbocycles. The molecule has 0 aromatic carbocycles. The topological polar surface area (TPSA) is 40.5 Å². The summed E-state index contributed by atoms with van der Waals surface area (Å²) in [7, 11) is 0. The molecule has 2 N–H and O–H groups in total. The first kappa shape index (κ1) is 10.0. The van der Waals surface area contributed by atoms with Crippen LogP contribution in [0.3, 0.4) is 0 Å². The zero-order chi connectivity index (χ0) is 9.03. The van der Waals surface area contributed by atoms with Crippen LogP contribution >= 0.6 is 0 Å². The van der Waals surface area contributed by atoms with Crippen molar-refractivity contribution in [1.29, 1.82) is 0 Å². The smallest absolute Gasteiger partial charge is 0.0905 e. The Hall–Kier alpha value is -0.0800. The second-order valence-electron chi connectivity index (χ2n) is 3.97. The van der Waals surface area contributed by atoms with Gasteiger partial charge >= 0.3 is 0 Å². The van der Waals surface area contributed by atoms with Gasteiger partial charge in [0, 0.05) is 0 Å².